The number of hydrogen-bond acceptors (Lipinski definition) is 27. The van der Waals surface area contributed by atoms with Crippen LogP contribution in [0.3, 0.4) is 0 Å². The first-order chi connectivity index (χ1) is 67.5. The van der Waals surface area contributed by atoms with E-state index in [1.165, 1.54) is 36.0 Å². The Balaban J connectivity index is 0.000000179. The quantitative estimate of drug-likeness (QED) is 0.0475. The summed E-state index contributed by atoms with van der Waals surface area (Å²) in [5.74, 6) is -15.8. The Hall–Kier alpha value is -8.48. The van der Waals surface area contributed by atoms with Crippen molar-refractivity contribution in [3.8, 4) is 34.9 Å². The Labute approximate surface area is 872 Å². The van der Waals surface area contributed by atoms with Gasteiger partial charge in [-0.25, -0.2) is 48.8 Å². The molecule has 30 nitrogen and oxygen atoms in total. The summed E-state index contributed by atoms with van der Waals surface area (Å²) in [7, 11) is 4.50. The van der Waals surface area contributed by atoms with Gasteiger partial charge in [0.1, 0.15) is 53.4 Å². The van der Waals surface area contributed by atoms with Crippen molar-refractivity contribution < 1.29 is 182 Å². The molecule has 0 unspecified atom stereocenters. The third kappa shape index (κ3) is 24.6. The maximum atomic E-state index is 16.1. The normalized spacial score (nSPS) is 31.1. The molecule has 0 spiro atoms. The molecule has 12 heterocycles. The Bertz CT molecular complexity index is 5550. The van der Waals surface area contributed by atoms with Crippen molar-refractivity contribution in [2.24, 2.45) is 69.5 Å². The predicted octanol–water partition coefficient (Wildman–Crippen LogP) is 16.6. The van der Waals surface area contributed by atoms with Gasteiger partial charge in [-0.3, -0.25) is 28.8 Å². The molecule has 6 saturated heterocycles. The topological polar surface area (TPSA) is 351 Å². The first kappa shape index (κ1) is 113. The average Bonchev–Trinajstić information content (AvgIpc) is 1.84. The number of aromatic nitrogens is 6. The number of carbonyl (C=O) groups excluding carboxylic acids is 9. The summed E-state index contributed by atoms with van der Waals surface area (Å²) in [5.41, 5.74) is -2.33. The standard InChI is InChI=1S/C36H46F2N3O7.C35H44F2N3O7.C34H42F2N3O7.3V/c1-4-24-28(21-42)41-20-30(24)48-33-32(39-26-12-11-23(45-3)18-27(26)40-33)36(37,38)13-6-5-8-22-9-7-10-29(22)47-31(43)19-25(34(41)44)35(2)14-16-46-17-15-35;1-5-23-27(20-41)40-19-28(23)46-31-30(38-25-10-9-22(44-4)16-26(25)39-31)35(36,37)11-7-6-8-21-18-34(21,3)47-29(42)17-24(32(40)43)33(2)12-14-45-15-13-33;1-4-22-26(19-40)39-18-28(22)46-31-30(37-24-9-8-21(43-3)16-25(24)38-31)34(35,36)10-6-5-7-20-15-27(20)45-29(41)17-23(32(39)42)33(2)11-13-44-14-12-33;;;/h11-12,18,22,24-25,28-30H,4-10,13-17,19-20H2,1-3H3;9-10,16,21,23-24,27-28H,5-8,11-15,17-19H2,1-4H3;8-9,16,20,22-23,26-28H,4-7,10-15,17-18H2,1-3H3;;;/q3*-1;;;/t22-,24+,25-,28-,29-,30+;21-,23+,24-,27-,28+,34-;20-,22+,23-,26-,27-,28+;;;/m111.../s1. The Morgan fingerprint density at radius 2 is 0.694 bits per heavy atom. The Morgan fingerprint density at radius 1 is 0.375 bits per heavy atom. The second-order valence-electron chi connectivity index (χ2n) is 41.9. The van der Waals surface area contributed by atoms with E-state index in [2.05, 4.69) is 36.2 Å². The number of ether oxygens (including phenoxy) is 12. The number of rotatable bonds is 12. The van der Waals surface area contributed by atoms with Gasteiger partial charge in [0.2, 0.25) is 35.4 Å². The van der Waals surface area contributed by atoms with Gasteiger partial charge >= 0.3 is 17.9 Å². The molecule has 18 atom stereocenters. The number of fused-ring (bicyclic) bond motifs is 15. The summed E-state index contributed by atoms with van der Waals surface area (Å²) in [5, 5.41) is 0. The molecule has 3 aliphatic carbocycles. The Morgan fingerprint density at radius 3 is 1.03 bits per heavy atom. The van der Waals surface area contributed by atoms with Gasteiger partial charge in [-0.05, 0) is 198 Å². The van der Waals surface area contributed by atoms with Crippen LogP contribution in [0.4, 0.5) is 26.3 Å². The maximum absolute atomic E-state index is 16.1. The molecule has 6 bridgehead atoms. The van der Waals surface area contributed by atoms with Crippen LogP contribution in [0.2, 0.25) is 0 Å². The number of esters is 3. The molecule has 783 valence electrons. The van der Waals surface area contributed by atoms with Gasteiger partial charge < -0.3 is 85.9 Å². The van der Waals surface area contributed by atoms with Crippen LogP contribution in [0.1, 0.15) is 252 Å². The summed E-state index contributed by atoms with van der Waals surface area (Å²) >= 11 is 0. The van der Waals surface area contributed by atoms with Gasteiger partial charge in [0, 0.05) is 139 Å². The zero-order valence-electron chi connectivity index (χ0n) is 83.6. The van der Waals surface area contributed by atoms with E-state index in [1.807, 2.05) is 61.0 Å². The fourth-order valence-corrected chi connectivity index (χ4v) is 23.4. The number of benzene rings is 3. The second kappa shape index (κ2) is 47.6. The number of hydrogen-bond donors (Lipinski definition) is 0. The second-order valence-corrected chi connectivity index (χ2v) is 41.9. The minimum absolute atomic E-state index is 0. The largest absolute Gasteiger partial charge is 0.540 e. The molecule has 12 aliphatic rings. The number of amides is 3. The van der Waals surface area contributed by atoms with E-state index in [0.29, 0.717) is 189 Å². The van der Waals surface area contributed by atoms with Crippen molar-refractivity contribution in [1.82, 2.24) is 44.6 Å². The molecule has 6 aromatic rings. The molecule has 3 radical (unpaired) electrons. The van der Waals surface area contributed by atoms with Crippen molar-refractivity contribution in [2.75, 3.05) is 80.6 Å². The molecule has 39 heteroatoms. The van der Waals surface area contributed by atoms with E-state index in [0.717, 1.165) is 12.8 Å². The van der Waals surface area contributed by atoms with Crippen molar-refractivity contribution >= 4 is 87.6 Å². The van der Waals surface area contributed by atoms with Crippen LogP contribution in [-0.2, 0) is 145 Å². The zero-order valence-corrected chi connectivity index (χ0v) is 87.8. The van der Waals surface area contributed by atoms with E-state index >= 15 is 26.3 Å². The number of methoxy groups -OCH3 is 3. The first-order valence-corrected chi connectivity index (χ1v) is 50.7. The first-order valence-electron chi connectivity index (χ1n) is 50.7. The van der Waals surface area contributed by atoms with Crippen molar-refractivity contribution in [1.29, 1.82) is 0 Å². The van der Waals surface area contributed by atoms with Crippen LogP contribution in [0.25, 0.3) is 33.1 Å². The van der Waals surface area contributed by atoms with Crippen LogP contribution in [0, 0.1) is 69.5 Å². The predicted molar refractivity (Wildman–Crippen MR) is 500 cm³/mol. The fourth-order valence-electron chi connectivity index (χ4n) is 23.4. The van der Waals surface area contributed by atoms with Crippen molar-refractivity contribution in [3.05, 3.63) is 71.7 Å². The van der Waals surface area contributed by atoms with Gasteiger partial charge in [-0.1, -0.05) is 98.2 Å². The minimum Gasteiger partial charge on any atom is -0.540 e. The summed E-state index contributed by atoms with van der Waals surface area (Å²) in [6.07, 6.45) is 13.9. The molecule has 3 amide bonds. The van der Waals surface area contributed by atoms with Gasteiger partial charge in [0.05, 0.1) is 111 Å². The van der Waals surface area contributed by atoms with Crippen molar-refractivity contribution in [3.63, 3.8) is 0 Å². The van der Waals surface area contributed by atoms with Gasteiger partial charge in [-0.15, -0.1) is 0 Å². The summed E-state index contributed by atoms with van der Waals surface area (Å²) in [6, 6.07) is 11.5. The summed E-state index contributed by atoms with van der Waals surface area (Å²) < 4.78 is 166. The molecule has 9 fully saturated rings. The van der Waals surface area contributed by atoms with Crippen molar-refractivity contribution in [2.45, 2.75) is 307 Å². The number of halogens is 6. The van der Waals surface area contributed by atoms with E-state index in [4.69, 9.17) is 56.8 Å². The molecule has 18 rings (SSSR count). The van der Waals surface area contributed by atoms with E-state index in [-0.39, 0.29) is 196 Å². The number of nitrogens with zero attached hydrogens (tertiary/aromatic N) is 9. The van der Waals surface area contributed by atoms with E-state index in [9.17, 15) is 43.2 Å². The SMILES string of the molecule is CC[C@@H]1[C@@H]2CN(C(=O)[C@H](C3(C)CCOCC3)CC(=O)O[C@@H]3CCC[C@H]3CCCCC(F)(F)c3nc4ccc(OC)cc4nc3O2)[C@@H]1[C-]=O.CC[C@@H]1[C@@H]2CN(C(=O)[C@H](C3(C)CCOCC3)CC(=O)O[C@@H]3C[C@H]3CCCCC(F)(F)c3nc4ccc(OC)cc4nc3O2)[C@@H]1[C-]=O.CC[C@@H]1[C@@H]2CN(C(=O)[C@H](C3(C)CCOCC3)CC(=O)O[C@]3(C)C[C@H]3CCCCC(F)(F)c3nc4ccc(OC)cc4nc3O2)[C@@H]1[C-]=O.[V].[V].[V]. The molecular formula is C105H132F6N9O21V3-3. The summed E-state index contributed by atoms with van der Waals surface area (Å²) in [4.78, 5) is 152. The molecule has 144 heavy (non-hydrogen) atoms. The molecular weight excluding hydrogens is 1990 g/mol. The third-order valence-corrected chi connectivity index (χ3v) is 32.8. The van der Waals surface area contributed by atoms with Gasteiger partial charge in [-0.2, -0.15) is 26.3 Å². The van der Waals surface area contributed by atoms with Crippen LogP contribution in [0.5, 0.6) is 34.9 Å². The maximum Gasteiger partial charge on any atom is 0.307 e. The molecule has 3 aromatic carbocycles. The number of alkyl halides is 6. The van der Waals surface area contributed by atoms with E-state index < -0.39 is 166 Å². The van der Waals surface area contributed by atoms with E-state index in [1.54, 1.807) is 54.6 Å². The summed E-state index contributed by atoms with van der Waals surface area (Å²) in [6.45, 7) is 15.9. The zero-order chi connectivity index (χ0) is 100. The Kier molecular flexibility index (Phi) is 37.2. The number of carbonyl (C=O) groups is 6. The van der Waals surface area contributed by atoms with Gasteiger partial charge in [0.25, 0.3) is 17.8 Å². The smallest absolute Gasteiger partial charge is 0.307 e. The molecule has 3 aromatic heterocycles. The monoisotopic (exact) mass is 2120 g/mol. The fraction of sp³-hybridized carbons (Fsp3) is 0.686. The van der Waals surface area contributed by atoms with Crippen LogP contribution >= 0.6 is 0 Å². The molecule has 9 aliphatic heterocycles. The van der Waals surface area contributed by atoms with Crippen LogP contribution in [-0.4, -0.2) is 234 Å². The minimum atomic E-state index is -3.37. The van der Waals surface area contributed by atoms with Crippen LogP contribution in [0.15, 0.2) is 54.6 Å². The van der Waals surface area contributed by atoms with Gasteiger partial charge in [0.15, 0.2) is 17.1 Å². The molecule has 0 N–H and O–H groups in total. The third-order valence-electron chi connectivity index (χ3n) is 32.8. The van der Waals surface area contributed by atoms with Crippen LogP contribution < -0.4 is 28.4 Å². The molecule has 3 saturated carbocycles. The average molecular weight is 2120 g/mol.